The zero-order chi connectivity index (χ0) is 35.3. The van der Waals surface area contributed by atoms with Crippen molar-refractivity contribution in [1.29, 1.82) is 0 Å². The van der Waals surface area contributed by atoms with Gasteiger partial charge in [0.2, 0.25) is 0 Å². The van der Waals surface area contributed by atoms with E-state index in [0.29, 0.717) is 0 Å². The van der Waals surface area contributed by atoms with Gasteiger partial charge in [0.25, 0.3) is 0 Å². The number of anilines is 2. The van der Waals surface area contributed by atoms with Gasteiger partial charge >= 0.3 is 0 Å². The molecule has 0 saturated heterocycles. The fourth-order valence-electron chi connectivity index (χ4n) is 9.37. The molecule has 11 rings (SSSR count). The van der Waals surface area contributed by atoms with Gasteiger partial charge in [-0.2, -0.15) is 0 Å². The fourth-order valence-corrected chi connectivity index (χ4v) is 9.37. The molecular formula is C48H38N4O. The van der Waals surface area contributed by atoms with Crippen molar-refractivity contribution < 1.29 is 4.42 Å². The molecule has 0 amide bonds. The molecule has 5 heteroatoms. The lowest BCUT2D eigenvalue weighted by Gasteiger charge is -2.35. The summed E-state index contributed by atoms with van der Waals surface area (Å²) in [7, 11) is 0. The number of furan rings is 1. The summed E-state index contributed by atoms with van der Waals surface area (Å²) in [5, 5.41) is 9.64. The lowest BCUT2D eigenvalue weighted by atomic mass is 9.76. The van der Waals surface area contributed by atoms with Crippen molar-refractivity contribution >= 4 is 50.3 Å². The Morgan fingerprint density at radius 1 is 0.698 bits per heavy atom. The van der Waals surface area contributed by atoms with E-state index in [0.717, 1.165) is 50.9 Å². The summed E-state index contributed by atoms with van der Waals surface area (Å²) in [5.41, 5.74) is 15.9. The molecule has 0 radical (unpaired) electrons. The molecule has 1 aromatic heterocycles. The van der Waals surface area contributed by atoms with Crippen LogP contribution in [0.1, 0.15) is 66.0 Å². The Labute approximate surface area is 309 Å². The van der Waals surface area contributed by atoms with Gasteiger partial charge in [0.05, 0.1) is 17.1 Å². The molecule has 4 aliphatic rings. The van der Waals surface area contributed by atoms with Crippen molar-refractivity contribution in [2.75, 3.05) is 4.90 Å². The Morgan fingerprint density at radius 2 is 1.42 bits per heavy atom. The predicted molar refractivity (Wildman–Crippen MR) is 216 cm³/mol. The number of aliphatic imine (C=N–C) groups is 1. The maximum Gasteiger partial charge on any atom is 0.137 e. The number of nitrogens with zero attached hydrogens (tertiary/aromatic N) is 2. The fraction of sp³-hybridized carbons (Fsp3) is 0.146. The normalized spacial score (nSPS) is 21.1. The van der Waals surface area contributed by atoms with Gasteiger partial charge in [-0.1, -0.05) is 129 Å². The number of rotatable bonds is 4. The van der Waals surface area contributed by atoms with Crippen LogP contribution in [0.15, 0.2) is 167 Å². The first-order valence-corrected chi connectivity index (χ1v) is 18.6. The summed E-state index contributed by atoms with van der Waals surface area (Å²) in [6, 6.07) is 52.1. The van der Waals surface area contributed by atoms with E-state index in [1.807, 2.05) is 6.07 Å². The van der Waals surface area contributed by atoms with E-state index >= 15 is 0 Å². The molecule has 256 valence electrons. The Kier molecular flexibility index (Phi) is 6.56. The third-order valence-corrected chi connectivity index (χ3v) is 11.9. The first kappa shape index (κ1) is 30.5. The second kappa shape index (κ2) is 11.4. The van der Waals surface area contributed by atoms with E-state index in [-0.39, 0.29) is 23.8 Å². The Morgan fingerprint density at radius 3 is 2.25 bits per heavy atom. The number of amidine groups is 1. The highest BCUT2D eigenvalue weighted by molar-refractivity contribution is 6.15. The standard InChI is InChI=1S/C48H38N4O/c1-48(2)37-20-11-9-18-32(37)35-27-36-33-19-10-12-21-39(33)52(41(36)28-38(35)48)40-22-13-23-42-44(40)34-25-24-31(26-43(34)53-42)47-50-45(29-14-5-3-6-15-29)49-46(51-47)30-16-7-4-8-17-30/h3-27,41,45-46,49H,28H2,1-2H3,(H,50,51). The highest BCUT2D eigenvalue weighted by Crippen LogP contribution is 2.58. The number of para-hydroxylation sites is 1. The van der Waals surface area contributed by atoms with Crippen LogP contribution < -0.4 is 15.5 Å². The minimum Gasteiger partial charge on any atom is -0.456 e. The molecule has 53 heavy (non-hydrogen) atoms. The molecule has 6 aromatic carbocycles. The molecule has 2 aliphatic heterocycles. The molecule has 3 heterocycles. The van der Waals surface area contributed by atoms with Crippen molar-refractivity contribution in [2.45, 2.75) is 44.1 Å². The molecule has 5 nitrogen and oxygen atoms in total. The van der Waals surface area contributed by atoms with E-state index in [1.54, 1.807) is 0 Å². The lowest BCUT2D eigenvalue weighted by Crippen LogP contribution is -2.44. The summed E-state index contributed by atoms with van der Waals surface area (Å²) in [6.07, 6.45) is 3.16. The van der Waals surface area contributed by atoms with Crippen molar-refractivity contribution in [2.24, 2.45) is 4.99 Å². The quantitative estimate of drug-likeness (QED) is 0.194. The molecule has 2 N–H and O–H groups in total. The van der Waals surface area contributed by atoms with E-state index in [4.69, 9.17) is 9.41 Å². The van der Waals surface area contributed by atoms with Gasteiger partial charge in [0.15, 0.2) is 0 Å². The van der Waals surface area contributed by atoms with Crippen LogP contribution in [0.25, 0.3) is 33.1 Å². The van der Waals surface area contributed by atoms with Crippen molar-refractivity contribution in [3.63, 3.8) is 0 Å². The van der Waals surface area contributed by atoms with Gasteiger partial charge in [-0.15, -0.1) is 0 Å². The van der Waals surface area contributed by atoms with Crippen LogP contribution in [0.4, 0.5) is 11.4 Å². The van der Waals surface area contributed by atoms with Gasteiger partial charge in [0, 0.05) is 27.6 Å². The molecule has 0 saturated carbocycles. The van der Waals surface area contributed by atoms with Crippen LogP contribution in [0.5, 0.6) is 0 Å². The number of hydrogen-bond acceptors (Lipinski definition) is 5. The van der Waals surface area contributed by atoms with E-state index < -0.39 is 0 Å². The minimum atomic E-state index is -0.197. The number of allylic oxidation sites excluding steroid dienone is 2. The maximum absolute atomic E-state index is 6.73. The SMILES string of the molecule is CC1(C)C2=C(C=C3c4ccccc4N(c4cccc5oc6cc(C7=NC(c8ccccc8)NC(c8ccccc8)N7)ccc6c45)C3C2)c2ccccc21. The summed E-state index contributed by atoms with van der Waals surface area (Å²) in [5.74, 6) is 0.837. The molecule has 3 unspecified atom stereocenters. The van der Waals surface area contributed by atoms with Gasteiger partial charge in [-0.05, 0) is 81.8 Å². The van der Waals surface area contributed by atoms with Crippen molar-refractivity contribution in [1.82, 2.24) is 10.6 Å². The second-order valence-electron chi connectivity index (χ2n) is 15.2. The third-order valence-electron chi connectivity index (χ3n) is 11.9. The Hall–Kier alpha value is -6.17. The summed E-state index contributed by atoms with van der Waals surface area (Å²) in [6.45, 7) is 4.79. The molecular weight excluding hydrogens is 649 g/mol. The number of nitrogens with one attached hydrogen (secondary N) is 2. The topological polar surface area (TPSA) is 52.8 Å². The third kappa shape index (κ3) is 4.57. The predicted octanol–water partition coefficient (Wildman–Crippen LogP) is 11.0. The maximum atomic E-state index is 6.73. The zero-order valence-electron chi connectivity index (χ0n) is 29.7. The second-order valence-corrected chi connectivity index (χ2v) is 15.2. The monoisotopic (exact) mass is 686 g/mol. The van der Waals surface area contributed by atoms with Crippen LogP contribution in [-0.2, 0) is 5.41 Å². The number of fused-ring (bicyclic) bond motifs is 8. The molecule has 0 bridgehead atoms. The Bertz CT molecular complexity index is 2700. The molecule has 7 aromatic rings. The molecule has 0 fully saturated rings. The molecule has 2 aliphatic carbocycles. The van der Waals surface area contributed by atoms with E-state index in [2.05, 4.69) is 175 Å². The molecule has 0 spiro atoms. The highest BCUT2D eigenvalue weighted by Gasteiger charge is 2.45. The van der Waals surface area contributed by atoms with Crippen LogP contribution in [-0.4, -0.2) is 11.9 Å². The lowest BCUT2D eigenvalue weighted by molar-refractivity contribution is 0.409. The van der Waals surface area contributed by atoms with Crippen LogP contribution in [0.3, 0.4) is 0 Å². The van der Waals surface area contributed by atoms with Gasteiger partial charge in [-0.25, -0.2) is 4.99 Å². The van der Waals surface area contributed by atoms with Gasteiger partial charge < -0.3 is 14.6 Å². The summed E-state index contributed by atoms with van der Waals surface area (Å²) in [4.78, 5) is 7.78. The molecule has 3 atom stereocenters. The summed E-state index contributed by atoms with van der Waals surface area (Å²) < 4.78 is 6.73. The average molecular weight is 687 g/mol. The van der Waals surface area contributed by atoms with Crippen molar-refractivity contribution in [3.8, 4) is 0 Å². The first-order valence-electron chi connectivity index (χ1n) is 18.6. The van der Waals surface area contributed by atoms with Crippen molar-refractivity contribution in [3.05, 3.63) is 191 Å². The largest absolute Gasteiger partial charge is 0.456 e. The number of hydrogen-bond donors (Lipinski definition) is 2. The van der Waals surface area contributed by atoms with E-state index in [1.165, 1.54) is 44.8 Å². The van der Waals surface area contributed by atoms with E-state index in [9.17, 15) is 0 Å². The highest BCUT2D eigenvalue weighted by atomic mass is 16.3. The van der Waals surface area contributed by atoms with Crippen LogP contribution >= 0.6 is 0 Å². The van der Waals surface area contributed by atoms with Crippen LogP contribution in [0.2, 0.25) is 0 Å². The number of benzene rings is 6. The first-order chi connectivity index (χ1) is 26.0. The minimum absolute atomic E-state index is 0.0242. The van der Waals surface area contributed by atoms with Crippen LogP contribution in [0, 0.1) is 0 Å². The smallest absolute Gasteiger partial charge is 0.137 e. The zero-order valence-corrected chi connectivity index (χ0v) is 29.7. The van der Waals surface area contributed by atoms with Gasteiger partial charge in [0.1, 0.15) is 29.3 Å². The van der Waals surface area contributed by atoms with Gasteiger partial charge in [-0.3, -0.25) is 5.32 Å². The average Bonchev–Trinajstić information content (AvgIpc) is 3.83. The Balaban J connectivity index is 1.02. The summed E-state index contributed by atoms with van der Waals surface area (Å²) >= 11 is 0.